The number of aliphatic carboxylic acids is 1. The van der Waals surface area contributed by atoms with Gasteiger partial charge in [0.2, 0.25) is 0 Å². The average molecular weight is 495 g/mol. The molecule has 35 heavy (non-hydrogen) atoms. The Hall–Kier alpha value is -1.32. The maximum atomic E-state index is 11.7. The fourth-order valence-corrected chi connectivity index (χ4v) is 4.49. The molecule has 0 saturated heterocycles. The van der Waals surface area contributed by atoms with Gasteiger partial charge < -0.3 is 9.84 Å². The van der Waals surface area contributed by atoms with Crippen LogP contribution in [-0.4, -0.2) is 23.7 Å². The van der Waals surface area contributed by atoms with Gasteiger partial charge >= 0.3 is 11.9 Å². The smallest absolute Gasteiger partial charge is 0.307 e. The van der Waals surface area contributed by atoms with Crippen molar-refractivity contribution in [1.82, 2.24) is 0 Å². The zero-order chi connectivity index (χ0) is 25.8. The molecule has 0 radical (unpaired) electrons. The third kappa shape index (κ3) is 25.6. The molecule has 206 valence electrons. The van der Waals surface area contributed by atoms with Gasteiger partial charge in [0.05, 0.1) is 18.9 Å². The van der Waals surface area contributed by atoms with E-state index in [9.17, 15) is 14.7 Å². The van der Waals surface area contributed by atoms with E-state index >= 15 is 0 Å². The van der Waals surface area contributed by atoms with Crippen molar-refractivity contribution < 1.29 is 19.4 Å². The van der Waals surface area contributed by atoms with Gasteiger partial charge in [-0.05, 0) is 38.5 Å². The molecular weight excluding hydrogens is 436 g/mol. The quantitative estimate of drug-likeness (QED) is 0.0701. The van der Waals surface area contributed by atoms with Crippen molar-refractivity contribution in [1.29, 1.82) is 0 Å². The van der Waals surface area contributed by atoms with Crippen LogP contribution in [0.5, 0.6) is 0 Å². The SMILES string of the molecule is CCCCCCCCCCCC/C=C/CCCCCCCCCCC(CC(=O)OCCC)C(=O)O. The maximum absolute atomic E-state index is 11.7. The molecule has 0 aliphatic carbocycles. The predicted molar refractivity (Wildman–Crippen MR) is 149 cm³/mol. The van der Waals surface area contributed by atoms with Crippen molar-refractivity contribution >= 4 is 11.9 Å². The van der Waals surface area contributed by atoms with Crippen LogP contribution in [0.1, 0.15) is 162 Å². The van der Waals surface area contributed by atoms with Gasteiger partial charge in [-0.25, -0.2) is 0 Å². The first kappa shape index (κ1) is 33.7. The minimum absolute atomic E-state index is 0.00301. The number of allylic oxidation sites excluding steroid dienone is 2. The Morgan fingerprint density at radius 3 is 1.49 bits per heavy atom. The van der Waals surface area contributed by atoms with E-state index in [4.69, 9.17) is 4.74 Å². The van der Waals surface area contributed by atoms with Gasteiger partial charge in [0.1, 0.15) is 0 Å². The van der Waals surface area contributed by atoms with E-state index in [0.717, 1.165) is 25.7 Å². The van der Waals surface area contributed by atoms with Crippen LogP contribution in [0, 0.1) is 5.92 Å². The summed E-state index contributed by atoms with van der Waals surface area (Å²) in [7, 11) is 0. The molecule has 1 atom stereocenters. The maximum Gasteiger partial charge on any atom is 0.307 e. The van der Waals surface area contributed by atoms with Crippen molar-refractivity contribution in [3.8, 4) is 0 Å². The number of carboxylic acids is 1. The van der Waals surface area contributed by atoms with Crippen LogP contribution in [0.4, 0.5) is 0 Å². The predicted octanol–water partition coefficient (Wildman–Crippen LogP) is 9.80. The molecule has 0 bridgehead atoms. The Morgan fingerprint density at radius 1 is 0.629 bits per heavy atom. The molecule has 4 nitrogen and oxygen atoms in total. The van der Waals surface area contributed by atoms with Crippen molar-refractivity contribution in [2.75, 3.05) is 6.61 Å². The monoisotopic (exact) mass is 494 g/mol. The van der Waals surface area contributed by atoms with Crippen LogP contribution in [0.3, 0.4) is 0 Å². The summed E-state index contributed by atoms with van der Waals surface area (Å²) >= 11 is 0. The normalized spacial score (nSPS) is 12.3. The molecule has 1 N–H and O–H groups in total. The summed E-state index contributed by atoms with van der Waals surface area (Å²) in [4.78, 5) is 23.0. The molecular formula is C31H58O4. The molecule has 0 saturated carbocycles. The largest absolute Gasteiger partial charge is 0.481 e. The highest BCUT2D eigenvalue weighted by Gasteiger charge is 2.21. The Kier molecular flexibility index (Phi) is 26.2. The summed E-state index contributed by atoms with van der Waals surface area (Å²) < 4.78 is 5.02. The number of hydrogen-bond acceptors (Lipinski definition) is 3. The second-order valence-corrected chi connectivity index (χ2v) is 10.3. The Labute approximate surface area is 217 Å². The number of carbonyl (C=O) groups excluding carboxylic acids is 1. The number of carboxylic acid groups (broad SMARTS) is 1. The summed E-state index contributed by atoms with van der Waals surface area (Å²) in [5, 5.41) is 9.31. The molecule has 0 fully saturated rings. The van der Waals surface area contributed by atoms with Gasteiger partial charge in [-0.2, -0.15) is 0 Å². The lowest BCUT2D eigenvalue weighted by Gasteiger charge is -2.11. The first-order valence-corrected chi connectivity index (χ1v) is 15.1. The van der Waals surface area contributed by atoms with Crippen molar-refractivity contribution in [2.45, 2.75) is 162 Å². The lowest BCUT2D eigenvalue weighted by atomic mass is 9.97. The molecule has 4 heteroatoms. The number of ether oxygens (including phenoxy) is 1. The minimum atomic E-state index is -0.879. The zero-order valence-corrected chi connectivity index (χ0v) is 23.4. The third-order valence-corrected chi connectivity index (χ3v) is 6.79. The lowest BCUT2D eigenvalue weighted by molar-refractivity contribution is -0.151. The molecule has 0 aromatic rings. The fraction of sp³-hybridized carbons (Fsp3) is 0.871. The molecule has 0 aliphatic heterocycles. The Morgan fingerprint density at radius 2 is 1.06 bits per heavy atom. The molecule has 0 aromatic carbocycles. The van der Waals surface area contributed by atoms with Crippen LogP contribution in [0.2, 0.25) is 0 Å². The topological polar surface area (TPSA) is 63.6 Å². The summed E-state index contributed by atoms with van der Waals surface area (Å²) in [6, 6.07) is 0. The van der Waals surface area contributed by atoms with E-state index in [1.165, 1.54) is 109 Å². The van der Waals surface area contributed by atoms with E-state index in [2.05, 4.69) is 19.1 Å². The summed E-state index contributed by atoms with van der Waals surface area (Å²) in [6.07, 6.45) is 32.1. The van der Waals surface area contributed by atoms with Crippen molar-refractivity contribution in [2.24, 2.45) is 5.92 Å². The second kappa shape index (κ2) is 27.3. The summed E-state index contributed by atoms with van der Waals surface area (Å²) in [5.41, 5.74) is 0. The number of carbonyl (C=O) groups is 2. The van der Waals surface area contributed by atoms with Crippen LogP contribution in [0.25, 0.3) is 0 Å². The van der Waals surface area contributed by atoms with Crippen LogP contribution >= 0.6 is 0 Å². The zero-order valence-electron chi connectivity index (χ0n) is 23.4. The highest BCUT2D eigenvalue weighted by atomic mass is 16.5. The van der Waals surface area contributed by atoms with Gasteiger partial charge in [0.25, 0.3) is 0 Å². The Balaban J connectivity index is 3.39. The molecule has 0 rings (SSSR count). The molecule has 0 amide bonds. The van der Waals surface area contributed by atoms with Crippen LogP contribution < -0.4 is 0 Å². The standard InChI is InChI=1S/C31H58O4/c1-3-5-6-7-8-9-10-11-12-13-14-15-16-17-18-19-20-21-22-23-24-25-26-29(31(33)34)28-30(32)35-27-4-2/h15-16,29H,3-14,17-28H2,1-2H3,(H,33,34)/b16-15+. The second-order valence-electron chi connectivity index (χ2n) is 10.3. The summed E-state index contributed by atoms with van der Waals surface area (Å²) in [5.74, 6) is -1.86. The first-order chi connectivity index (χ1) is 17.1. The van der Waals surface area contributed by atoms with E-state index < -0.39 is 11.9 Å². The number of esters is 1. The first-order valence-electron chi connectivity index (χ1n) is 15.1. The highest BCUT2D eigenvalue weighted by Crippen LogP contribution is 2.17. The minimum Gasteiger partial charge on any atom is -0.481 e. The van der Waals surface area contributed by atoms with E-state index in [0.29, 0.717) is 13.0 Å². The van der Waals surface area contributed by atoms with Crippen LogP contribution in [0.15, 0.2) is 12.2 Å². The lowest BCUT2D eigenvalue weighted by Crippen LogP contribution is -2.19. The average Bonchev–Trinajstić information content (AvgIpc) is 2.84. The van der Waals surface area contributed by atoms with E-state index in [1.54, 1.807) is 0 Å². The molecule has 0 aliphatic rings. The molecule has 1 unspecified atom stereocenters. The van der Waals surface area contributed by atoms with Gasteiger partial charge in [-0.15, -0.1) is 0 Å². The third-order valence-electron chi connectivity index (χ3n) is 6.79. The van der Waals surface area contributed by atoms with Crippen molar-refractivity contribution in [3.05, 3.63) is 12.2 Å². The van der Waals surface area contributed by atoms with Crippen LogP contribution in [-0.2, 0) is 14.3 Å². The van der Waals surface area contributed by atoms with Gasteiger partial charge in [0, 0.05) is 0 Å². The van der Waals surface area contributed by atoms with Gasteiger partial charge in [0.15, 0.2) is 0 Å². The molecule has 0 heterocycles. The Bertz CT molecular complexity index is 500. The van der Waals surface area contributed by atoms with E-state index in [1.807, 2.05) is 6.92 Å². The van der Waals surface area contributed by atoms with Gasteiger partial charge in [-0.1, -0.05) is 129 Å². The number of rotatable bonds is 27. The molecule has 0 aromatic heterocycles. The fourth-order valence-electron chi connectivity index (χ4n) is 4.49. The van der Waals surface area contributed by atoms with Gasteiger partial charge in [-0.3, -0.25) is 9.59 Å². The van der Waals surface area contributed by atoms with Crippen molar-refractivity contribution in [3.63, 3.8) is 0 Å². The number of unbranched alkanes of at least 4 members (excludes halogenated alkanes) is 18. The summed E-state index contributed by atoms with van der Waals surface area (Å²) in [6.45, 7) is 4.59. The highest BCUT2D eigenvalue weighted by molar-refractivity contribution is 5.78. The van der Waals surface area contributed by atoms with E-state index in [-0.39, 0.29) is 12.4 Å². The number of hydrogen-bond donors (Lipinski definition) is 1. The molecule has 0 spiro atoms.